The van der Waals surface area contributed by atoms with Crippen LogP contribution in [0.15, 0.2) is 40.9 Å². The van der Waals surface area contributed by atoms with Gasteiger partial charge in [0, 0.05) is 11.0 Å². The normalized spacial score (nSPS) is 10.4. The van der Waals surface area contributed by atoms with E-state index in [1.54, 1.807) is 6.07 Å². The SMILES string of the molecule is Fc1ccc(CNc2cc(F)ccc2Cl)c(Br)c1. The summed E-state index contributed by atoms with van der Waals surface area (Å²) in [4.78, 5) is 0. The molecule has 18 heavy (non-hydrogen) atoms. The Bertz CT molecular complexity index is 575. The van der Waals surface area contributed by atoms with E-state index >= 15 is 0 Å². The zero-order valence-electron chi connectivity index (χ0n) is 9.18. The van der Waals surface area contributed by atoms with Crippen molar-refractivity contribution in [2.24, 2.45) is 0 Å². The number of anilines is 1. The summed E-state index contributed by atoms with van der Waals surface area (Å²) in [5.74, 6) is -0.672. The molecule has 0 aliphatic carbocycles. The lowest BCUT2D eigenvalue weighted by Crippen LogP contribution is -2.01. The molecule has 0 aromatic heterocycles. The number of nitrogens with one attached hydrogen (secondary N) is 1. The molecule has 0 atom stereocenters. The van der Waals surface area contributed by atoms with Gasteiger partial charge in [-0.05, 0) is 35.9 Å². The maximum Gasteiger partial charge on any atom is 0.125 e. The van der Waals surface area contributed by atoms with Crippen LogP contribution >= 0.6 is 27.5 Å². The minimum atomic E-state index is -0.361. The molecule has 0 fully saturated rings. The average molecular weight is 333 g/mol. The van der Waals surface area contributed by atoms with Crippen LogP contribution in [0, 0.1) is 11.6 Å². The van der Waals surface area contributed by atoms with Gasteiger partial charge < -0.3 is 5.32 Å². The minimum absolute atomic E-state index is 0.311. The maximum absolute atomic E-state index is 13.0. The van der Waals surface area contributed by atoms with Gasteiger partial charge in [0.2, 0.25) is 0 Å². The second kappa shape index (κ2) is 5.67. The number of benzene rings is 2. The van der Waals surface area contributed by atoms with E-state index in [1.165, 1.54) is 30.3 Å². The standard InChI is InChI=1S/C13H9BrClF2N/c14-11-5-9(16)2-1-8(11)7-18-13-6-10(17)3-4-12(13)15/h1-6,18H,7H2. The van der Waals surface area contributed by atoms with Gasteiger partial charge in [0.15, 0.2) is 0 Å². The molecule has 0 heterocycles. The summed E-state index contributed by atoms with van der Waals surface area (Å²) in [6, 6.07) is 8.50. The summed E-state index contributed by atoms with van der Waals surface area (Å²) >= 11 is 9.19. The van der Waals surface area contributed by atoms with Crippen LogP contribution in [-0.2, 0) is 6.54 Å². The fourth-order valence-corrected chi connectivity index (χ4v) is 2.16. The average Bonchev–Trinajstić information content (AvgIpc) is 2.32. The Morgan fingerprint density at radius 2 is 1.72 bits per heavy atom. The molecule has 2 aromatic carbocycles. The molecule has 1 N–H and O–H groups in total. The summed E-state index contributed by atoms with van der Waals surface area (Å²) < 4.78 is 26.6. The lowest BCUT2D eigenvalue weighted by molar-refractivity contribution is 0.626. The van der Waals surface area contributed by atoms with Crippen molar-refractivity contribution < 1.29 is 8.78 Å². The molecule has 2 rings (SSSR count). The Labute approximate surface area is 117 Å². The summed E-state index contributed by atoms with van der Waals surface area (Å²) in [6.45, 7) is 0.421. The third kappa shape index (κ3) is 3.21. The highest BCUT2D eigenvalue weighted by Crippen LogP contribution is 2.24. The predicted molar refractivity (Wildman–Crippen MR) is 72.8 cm³/mol. The monoisotopic (exact) mass is 331 g/mol. The molecule has 0 aliphatic rings. The highest BCUT2D eigenvalue weighted by atomic mass is 79.9. The molecule has 0 bridgehead atoms. The van der Waals surface area contributed by atoms with E-state index in [0.29, 0.717) is 21.7 Å². The Hall–Kier alpha value is -1.13. The Morgan fingerprint density at radius 1 is 1.06 bits per heavy atom. The maximum atomic E-state index is 13.0. The van der Waals surface area contributed by atoms with Crippen LogP contribution in [0.4, 0.5) is 14.5 Å². The van der Waals surface area contributed by atoms with Crippen molar-refractivity contribution in [1.82, 2.24) is 0 Å². The molecule has 5 heteroatoms. The molecule has 0 unspecified atom stereocenters. The minimum Gasteiger partial charge on any atom is -0.380 e. The second-order valence-corrected chi connectivity index (χ2v) is 4.97. The Morgan fingerprint density at radius 3 is 2.44 bits per heavy atom. The summed E-state index contributed by atoms with van der Waals surface area (Å²) in [6.07, 6.45) is 0. The van der Waals surface area contributed by atoms with E-state index in [0.717, 1.165) is 5.56 Å². The topological polar surface area (TPSA) is 12.0 Å². The molecule has 0 saturated heterocycles. The van der Waals surface area contributed by atoms with Crippen molar-refractivity contribution >= 4 is 33.2 Å². The van der Waals surface area contributed by atoms with Gasteiger partial charge in [-0.1, -0.05) is 33.6 Å². The number of halogens is 4. The van der Waals surface area contributed by atoms with Crippen LogP contribution in [0.2, 0.25) is 5.02 Å². The molecule has 2 aromatic rings. The van der Waals surface area contributed by atoms with Crippen LogP contribution in [0.1, 0.15) is 5.56 Å². The number of hydrogen-bond acceptors (Lipinski definition) is 1. The van der Waals surface area contributed by atoms with Gasteiger partial charge >= 0.3 is 0 Å². The van der Waals surface area contributed by atoms with E-state index < -0.39 is 0 Å². The molecule has 94 valence electrons. The zero-order valence-corrected chi connectivity index (χ0v) is 11.5. The van der Waals surface area contributed by atoms with Gasteiger partial charge in [-0.15, -0.1) is 0 Å². The zero-order chi connectivity index (χ0) is 13.1. The van der Waals surface area contributed by atoms with Crippen molar-refractivity contribution in [2.75, 3.05) is 5.32 Å². The van der Waals surface area contributed by atoms with Crippen LogP contribution in [0.25, 0.3) is 0 Å². The van der Waals surface area contributed by atoms with Gasteiger partial charge in [-0.2, -0.15) is 0 Å². The van der Waals surface area contributed by atoms with Gasteiger partial charge in [-0.3, -0.25) is 0 Å². The Kier molecular flexibility index (Phi) is 4.19. The molecular formula is C13H9BrClF2N. The number of rotatable bonds is 3. The largest absolute Gasteiger partial charge is 0.380 e. The number of hydrogen-bond donors (Lipinski definition) is 1. The quantitative estimate of drug-likeness (QED) is 0.834. The van der Waals surface area contributed by atoms with E-state index in [-0.39, 0.29) is 11.6 Å². The fourth-order valence-electron chi connectivity index (χ4n) is 1.49. The first kappa shape index (κ1) is 13.3. The predicted octanol–water partition coefficient (Wildman–Crippen LogP) is 4.99. The fraction of sp³-hybridized carbons (Fsp3) is 0.0769. The van der Waals surface area contributed by atoms with Gasteiger partial charge in [-0.25, -0.2) is 8.78 Å². The van der Waals surface area contributed by atoms with Crippen LogP contribution < -0.4 is 5.32 Å². The second-order valence-electron chi connectivity index (χ2n) is 3.71. The highest BCUT2D eigenvalue weighted by molar-refractivity contribution is 9.10. The lowest BCUT2D eigenvalue weighted by Gasteiger charge is -2.10. The molecule has 1 nitrogen and oxygen atoms in total. The summed E-state index contributed by atoms with van der Waals surface area (Å²) in [5, 5.41) is 3.45. The third-order valence-electron chi connectivity index (χ3n) is 2.41. The van der Waals surface area contributed by atoms with E-state index in [4.69, 9.17) is 11.6 Å². The van der Waals surface area contributed by atoms with Crippen LogP contribution in [0.5, 0.6) is 0 Å². The molecule has 0 aliphatic heterocycles. The lowest BCUT2D eigenvalue weighted by atomic mass is 10.2. The first-order chi connectivity index (χ1) is 8.56. The van der Waals surface area contributed by atoms with E-state index in [1.807, 2.05) is 0 Å². The third-order valence-corrected chi connectivity index (χ3v) is 3.48. The van der Waals surface area contributed by atoms with Gasteiger partial charge in [0.05, 0.1) is 10.7 Å². The Balaban J connectivity index is 2.13. The molecule has 0 saturated carbocycles. The molecule has 0 radical (unpaired) electrons. The van der Waals surface area contributed by atoms with Crippen molar-refractivity contribution in [3.8, 4) is 0 Å². The summed E-state index contributed by atoms with van der Waals surface area (Å²) in [7, 11) is 0. The van der Waals surface area contributed by atoms with Crippen LogP contribution in [-0.4, -0.2) is 0 Å². The van der Waals surface area contributed by atoms with Gasteiger partial charge in [0.25, 0.3) is 0 Å². The first-order valence-corrected chi connectivity index (χ1v) is 6.36. The van der Waals surface area contributed by atoms with Crippen molar-refractivity contribution in [2.45, 2.75) is 6.54 Å². The van der Waals surface area contributed by atoms with Crippen LogP contribution in [0.3, 0.4) is 0 Å². The first-order valence-electron chi connectivity index (χ1n) is 5.19. The molecular weight excluding hydrogens is 324 g/mol. The van der Waals surface area contributed by atoms with Crippen molar-refractivity contribution in [1.29, 1.82) is 0 Å². The van der Waals surface area contributed by atoms with E-state index in [9.17, 15) is 8.78 Å². The smallest absolute Gasteiger partial charge is 0.125 e. The summed E-state index contributed by atoms with van der Waals surface area (Å²) in [5.41, 5.74) is 1.37. The molecule has 0 amide bonds. The van der Waals surface area contributed by atoms with Gasteiger partial charge in [0.1, 0.15) is 11.6 Å². The molecule has 0 spiro atoms. The highest BCUT2D eigenvalue weighted by Gasteiger charge is 2.04. The van der Waals surface area contributed by atoms with Crippen molar-refractivity contribution in [3.05, 3.63) is 63.1 Å². The van der Waals surface area contributed by atoms with Crippen molar-refractivity contribution in [3.63, 3.8) is 0 Å². The van der Waals surface area contributed by atoms with E-state index in [2.05, 4.69) is 21.2 Å².